The molecule has 0 saturated carbocycles. The van der Waals surface area contributed by atoms with Gasteiger partial charge in [0.05, 0.1) is 12.5 Å². The molecule has 1 aromatic carbocycles. The largest absolute Gasteiger partial charge is 0.326 e. The van der Waals surface area contributed by atoms with Crippen LogP contribution in [-0.4, -0.2) is 28.4 Å². The molecule has 1 atom stereocenters. The number of carbonyl (C=O) groups excluding carboxylic acids is 2. The lowest BCUT2D eigenvalue weighted by molar-refractivity contribution is -0.115. The predicted molar refractivity (Wildman–Crippen MR) is 95.3 cm³/mol. The van der Waals surface area contributed by atoms with Gasteiger partial charge >= 0.3 is 6.03 Å². The van der Waals surface area contributed by atoms with Gasteiger partial charge in [-0.25, -0.2) is 4.79 Å². The molecule has 6 nitrogen and oxygen atoms in total. The lowest BCUT2D eigenvalue weighted by atomic mass is 9.97. The molecule has 0 unspecified atom stereocenters. The van der Waals surface area contributed by atoms with E-state index >= 15 is 0 Å². The maximum absolute atomic E-state index is 12.8. The van der Waals surface area contributed by atoms with Crippen molar-refractivity contribution in [2.75, 3.05) is 17.2 Å². The Morgan fingerprint density at radius 1 is 1.28 bits per heavy atom. The van der Waals surface area contributed by atoms with Gasteiger partial charge in [-0.1, -0.05) is 6.07 Å². The second kappa shape index (κ2) is 6.55. The molecule has 128 valence electrons. The number of hydrogen-bond donors (Lipinski definition) is 2. The number of hydrogen-bond acceptors (Lipinski definition) is 3. The van der Waals surface area contributed by atoms with E-state index in [2.05, 4.69) is 15.6 Å². The van der Waals surface area contributed by atoms with E-state index in [0.29, 0.717) is 6.42 Å². The van der Waals surface area contributed by atoms with Crippen molar-refractivity contribution >= 4 is 23.3 Å². The highest BCUT2D eigenvalue weighted by molar-refractivity contribution is 6.00. The van der Waals surface area contributed by atoms with Crippen LogP contribution >= 0.6 is 0 Å². The summed E-state index contributed by atoms with van der Waals surface area (Å²) in [6.45, 7) is 0.733. The van der Waals surface area contributed by atoms with Gasteiger partial charge in [-0.15, -0.1) is 0 Å². The number of benzene rings is 1. The Hall–Kier alpha value is -2.89. The summed E-state index contributed by atoms with van der Waals surface area (Å²) in [5, 5.41) is 5.78. The zero-order valence-corrected chi connectivity index (χ0v) is 13.9. The summed E-state index contributed by atoms with van der Waals surface area (Å²) < 4.78 is 0. The number of anilines is 2. The molecule has 2 aliphatic rings. The van der Waals surface area contributed by atoms with E-state index in [1.807, 2.05) is 41.4 Å². The number of likely N-dealkylation sites (tertiary alicyclic amines) is 1. The number of carbonyl (C=O) groups is 2. The van der Waals surface area contributed by atoms with Crippen molar-refractivity contribution in [3.8, 4) is 0 Å². The van der Waals surface area contributed by atoms with E-state index in [0.717, 1.165) is 48.3 Å². The number of fused-ring (bicyclic) bond motifs is 1. The van der Waals surface area contributed by atoms with E-state index in [1.54, 1.807) is 6.20 Å². The van der Waals surface area contributed by atoms with Crippen molar-refractivity contribution in [1.29, 1.82) is 0 Å². The van der Waals surface area contributed by atoms with Gasteiger partial charge in [0.1, 0.15) is 0 Å². The highest BCUT2D eigenvalue weighted by atomic mass is 16.2. The zero-order chi connectivity index (χ0) is 17.2. The minimum absolute atomic E-state index is 0.00820. The molecule has 1 fully saturated rings. The molecule has 0 radical (unpaired) electrons. The van der Waals surface area contributed by atoms with Crippen LogP contribution in [0.3, 0.4) is 0 Å². The van der Waals surface area contributed by atoms with Crippen molar-refractivity contribution in [2.24, 2.45) is 0 Å². The molecule has 3 amide bonds. The number of nitrogens with zero attached hydrogens (tertiary/aromatic N) is 2. The highest BCUT2D eigenvalue weighted by Crippen LogP contribution is 2.31. The quantitative estimate of drug-likeness (QED) is 0.883. The molecule has 2 N–H and O–H groups in total. The Kier molecular flexibility index (Phi) is 4.09. The summed E-state index contributed by atoms with van der Waals surface area (Å²) in [5.41, 5.74) is 3.54. The Labute approximate surface area is 146 Å². The van der Waals surface area contributed by atoms with Gasteiger partial charge in [-0.3, -0.25) is 9.78 Å². The molecule has 25 heavy (non-hydrogen) atoms. The van der Waals surface area contributed by atoms with Gasteiger partial charge in [0.2, 0.25) is 5.91 Å². The van der Waals surface area contributed by atoms with E-state index in [9.17, 15) is 9.59 Å². The normalized spacial score (nSPS) is 19.3. The summed E-state index contributed by atoms with van der Waals surface area (Å²) >= 11 is 0. The number of urea groups is 1. The summed E-state index contributed by atoms with van der Waals surface area (Å²) in [5.74, 6) is -0.00820. The summed E-state index contributed by atoms with van der Waals surface area (Å²) in [6.07, 6.45) is 7.01. The number of rotatable bonds is 2. The first-order valence-corrected chi connectivity index (χ1v) is 8.61. The van der Waals surface area contributed by atoms with Crippen LogP contribution in [0.2, 0.25) is 0 Å². The fraction of sp³-hybridized carbons (Fsp3) is 0.316. The molecule has 0 spiro atoms. The maximum Gasteiger partial charge on any atom is 0.322 e. The minimum atomic E-state index is -0.106. The fourth-order valence-corrected chi connectivity index (χ4v) is 3.60. The fourth-order valence-electron chi connectivity index (χ4n) is 3.60. The number of amides is 3. The van der Waals surface area contributed by atoms with E-state index < -0.39 is 0 Å². The summed E-state index contributed by atoms with van der Waals surface area (Å²) in [4.78, 5) is 30.4. The zero-order valence-electron chi connectivity index (χ0n) is 13.9. The minimum Gasteiger partial charge on any atom is -0.326 e. The van der Waals surface area contributed by atoms with Crippen LogP contribution < -0.4 is 10.6 Å². The van der Waals surface area contributed by atoms with Gasteiger partial charge in [0.25, 0.3) is 0 Å². The molecular formula is C19H20N4O2. The van der Waals surface area contributed by atoms with Gasteiger partial charge < -0.3 is 15.5 Å². The summed E-state index contributed by atoms with van der Waals surface area (Å²) in [6, 6.07) is 9.41. The third-order valence-electron chi connectivity index (χ3n) is 4.81. The smallest absolute Gasteiger partial charge is 0.322 e. The van der Waals surface area contributed by atoms with Gasteiger partial charge in [-0.2, -0.15) is 0 Å². The van der Waals surface area contributed by atoms with E-state index in [4.69, 9.17) is 0 Å². The number of aromatic nitrogens is 1. The predicted octanol–water partition coefficient (Wildman–Crippen LogP) is 3.34. The topological polar surface area (TPSA) is 74.3 Å². The second-order valence-electron chi connectivity index (χ2n) is 6.52. The van der Waals surface area contributed by atoms with Crippen LogP contribution in [0, 0.1) is 0 Å². The lowest BCUT2D eigenvalue weighted by Crippen LogP contribution is -2.41. The van der Waals surface area contributed by atoms with Crippen molar-refractivity contribution in [1.82, 2.24) is 9.88 Å². The Balaban J connectivity index is 1.51. The van der Waals surface area contributed by atoms with Crippen molar-refractivity contribution in [2.45, 2.75) is 31.7 Å². The highest BCUT2D eigenvalue weighted by Gasteiger charge is 2.28. The third kappa shape index (κ3) is 3.20. The molecule has 2 aliphatic heterocycles. The van der Waals surface area contributed by atoms with Crippen LogP contribution in [0.5, 0.6) is 0 Å². The first kappa shape index (κ1) is 15.6. The average molecular weight is 336 g/mol. The Morgan fingerprint density at radius 3 is 3.04 bits per heavy atom. The molecule has 6 heteroatoms. The Morgan fingerprint density at radius 2 is 2.20 bits per heavy atom. The third-order valence-corrected chi connectivity index (χ3v) is 4.81. The molecule has 3 heterocycles. The second-order valence-corrected chi connectivity index (χ2v) is 6.52. The van der Waals surface area contributed by atoms with Crippen LogP contribution in [0.1, 0.15) is 36.4 Å². The molecule has 0 aliphatic carbocycles. The van der Waals surface area contributed by atoms with E-state index in [1.165, 1.54) is 0 Å². The lowest BCUT2D eigenvalue weighted by Gasteiger charge is -2.35. The molecular weight excluding hydrogens is 316 g/mol. The number of nitrogens with one attached hydrogen (secondary N) is 2. The molecule has 2 aromatic rings. The first-order valence-electron chi connectivity index (χ1n) is 8.61. The molecule has 1 saturated heterocycles. The first-order chi connectivity index (χ1) is 12.2. The SMILES string of the molecule is O=C1Cc2cc(NC(=O)N3CCCC[C@@H]3c3cccnc3)ccc2N1. The number of pyridine rings is 1. The van der Waals surface area contributed by atoms with Gasteiger partial charge in [0, 0.05) is 30.3 Å². The van der Waals surface area contributed by atoms with Crippen molar-refractivity contribution in [3.63, 3.8) is 0 Å². The van der Waals surface area contributed by atoms with Crippen molar-refractivity contribution in [3.05, 3.63) is 53.9 Å². The monoisotopic (exact) mass is 336 g/mol. The standard InChI is InChI=1S/C19H20N4O2/c24-18-11-14-10-15(6-7-16(14)22-18)21-19(25)23-9-2-1-5-17(23)13-4-3-8-20-12-13/h3-4,6-8,10,12,17H,1-2,5,9,11H2,(H,21,25)(H,22,24)/t17-/m1/s1. The van der Waals surface area contributed by atoms with Crippen LogP contribution in [-0.2, 0) is 11.2 Å². The summed E-state index contributed by atoms with van der Waals surface area (Å²) in [7, 11) is 0. The molecule has 0 bridgehead atoms. The molecule has 1 aromatic heterocycles. The van der Waals surface area contributed by atoms with Crippen molar-refractivity contribution < 1.29 is 9.59 Å². The van der Waals surface area contributed by atoms with Crippen LogP contribution in [0.15, 0.2) is 42.7 Å². The van der Waals surface area contributed by atoms with Gasteiger partial charge in [-0.05, 0) is 54.7 Å². The number of piperidine rings is 1. The Bertz CT molecular complexity index is 806. The van der Waals surface area contributed by atoms with Crippen LogP contribution in [0.4, 0.5) is 16.2 Å². The maximum atomic E-state index is 12.8. The average Bonchev–Trinajstić information content (AvgIpc) is 3.02. The van der Waals surface area contributed by atoms with E-state index in [-0.39, 0.29) is 18.0 Å². The van der Waals surface area contributed by atoms with Crippen LogP contribution in [0.25, 0.3) is 0 Å². The molecule has 4 rings (SSSR count). The van der Waals surface area contributed by atoms with Gasteiger partial charge in [0.15, 0.2) is 0 Å².